The summed E-state index contributed by atoms with van der Waals surface area (Å²) in [6.45, 7) is 5.03. The number of hydrogen-bond donors (Lipinski definition) is 1. The zero-order valence-corrected chi connectivity index (χ0v) is 12.9. The van der Waals surface area contributed by atoms with Gasteiger partial charge in [-0.3, -0.25) is 4.79 Å². The molecule has 0 radical (unpaired) electrons. The van der Waals surface area contributed by atoms with Crippen molar-refractivity contribution in [3.63, 3.8) is 0 Å². The Kier molecular flexibility index (Phi) is 5.98. The Morgan fingerprint density at radius 3 is 2.68 bits per heavy atom. The summed E-state index contributed by atoms with van der Waals surface area (Å²) < 4.78 is 10.8. The highest BCUT2D eigenvalue weighted by molar-refractivity contribution is 5.91. The highest BCUT2D eigenvalue weighted by Crippen LogP contribution is 2.11. The van der Waals surface area contributed by atoms with E-state index >= 15 is 0 Å². The minimum absolute atomic E-state index is 0.156. The molecule has 0 saturated heterocycles. The van der Waals surface area contributed by atoms with Crippen molar-refractivity contribution in [2.45, 2.75) is 33.1 Å². The molecular weight excluding hydrogens is 278 g/mol. The first-order valence-electron chi connectivity index (χ1n) is 7.33. The Bertz CT molecular complexity index is 615. The monoisotopic (exact) mass is 299 g/mol. The van der Waals surface area contributed by atoms with E-state index in [-0.39, 0.29) is 12.0 Å². The van der Waals surface area contributed by atoms with Crippen molar-refractivity contribution >= 4 is 12.0 Å². The predicted octanol–water partition coefficient (Wildman–Crippen LogP) is 3.53. The second-order valence-corrected chi connectivity index (χ2v) is 5.20. The van der Waals surface area contributed by atoms with Crippen LogP contribution in [0.2, 0.25) is 0 Å². The molecule has 0 atom stereocenters. The predicted molar refractivity (Wildman–Crippen MR) is 86.0 cm³/mol. The van der Waals surface area contributed by atoms with Gasteiger partial charge in [0.15, 0.2) is 0 Å². The molecule has 0 bridgehead atoms. The number of carbonyl (C=O) groups excluding carboxylic acids is 1. The van der Waals surface area contributed by atoms with Gasteiger partial charge in [0.05, 0.1) is 19.0 Å². The van der Waals surface area contributed by atoms with Gasteiger partial charge in [0.25, 0.3) is 0 Å². The molecule has 0 aliphatic carbocycles. The Morgan fingerprint density at radius 2 is 2.00 bits per heavy atom. The fourth-order valence-corrected chi connectivity index (χ4v) is 1.91. The number of amides is 1. The Hall–Kier alpha value is -2.33. The van der Waals surface area contributed by atoms with Gasteiger partial charge in [0, 0.05) is 12.6 Å². The molecule has 1 aromatic carbocycles. The molecule has 0 aliphatic heterocycles. The van der Waals surface area contributed by atoms with Crippen LogP contribution in [0.3, 0.4) is 0 Å². The third kappa shape index (κ3) is 5.22. The first-order valence-corrected chi connectivity index (χ1v) is 7.33. The van der Waals surface area contributed by atoms with Crippen molar-refractivity contribution in [2.75, 3.05) is 0 Å². The molecule has 1 N–H and O–H groups in total. The smallest absolute Gasteiger partial charge is 0.244 e. The van der Waals surface area contributed by atoms with Crippen LogP contribution in [0.15, 0.2) is 53.2 Å². The Labute approximate surface area is 130 Å². The van der Waals surface area contributed by atoms with Gasteiger partial charge in [-0.15, -0.1) is 0 Å². The summed E-state index contributed by atoms with van der Waals surface area (Å²) in [5, 5.41) is 2.87. The summed E-state index contributed by atoms with van der Waals surface area (Å²) in [6.07, 6.45) is 4.86. The van der Waals surface area contributed by atoms with Crippen LogP contribution in [0.5, 0.6) is 0 Å². The summed E-state index contributed by atoms with van der Waals surface area (Å²) in [5.74, 6) is 0.497. The van der Waals surface area contributed by atoms with E-state index in [4.69, 9.17) is 9.15 Å². The van der Waals surface area contributed by atoms with E-state index in [1.54, 1.807) is 24.5 Å². The molecule has 0 unspecified atom stereocenters. The van der Waals surface area contributed by atoms with Gasteiger partial charge in [-0.25, -0.2) is 0 Å². The number of nitrogens with one attached hydrogen (secondary N) is 1. The maximum absolute atomic E-state index is 11.8. The highest BCUT2D eigenvalue weighted by atomic mass is 16.5. The van der Waals surface area contributed by atoms with Gasteiger partial charge < -0.3 is 14.5 Å². The van der Waals surface area contributed by atoms with Gasteiger partial charge >= 0.3 is 0 Å². The fraction of sp³-hybridized carbons (Fsp3) is 0.278. The van der Waals surface area contributed by atoms with Gasteiger partial charge in [-0.2, -0.15) is 0 Å². The molecule has 116 valence electrons. The van der Waals surface area contributed by atoms with Crippen molar-refractivity contribution < 1.29 is 13.9 Å². The minimum atomic E-state index is -0.156. The zero-order valence-electron chi connectivity index (χ0n) is 12.9. The molecule has 0 fully saturated rings. The van der Waals surface area contributed by atoms with Crippen molar-refractivity contribution in [1.82, 2.24) is 5.32 Å². The first kappa shape index (κ1) is 16.0. The van der Waals surface area contributed by atoms with E-state index in [9.17, 15) is 4.79 Å². The van der Waals surface area contributed by atoms with Crippen molar-refractivity contribution in [3.05, 3.63) is 65.6 Å². The number of rotatable bonds is 7. The maximum Gasteiger partial charge on any atom is 0.244 e. The Morgan fingerprint density at radius 1 is 1.23 bits per heavy atom. The molecule has 0 aliphatic rings. The zero-order chi connectivity index (χ0) is 15.8. The molecule has 1 aromatic heterocycles. The summed E-state index contributed by atoms with van der Waals surface area (Å²) in [7, 11) is 0. The average molecular weight is 299 g/mol. The number of hydrogen-bond acceptors (Lipinski definition) is 3. The molecular formula is C18H21NO3. The lowest BCUT2D eigenvalue weighted by Gasteiger charge is -2.12. The molecule has 1 amide bonds. The lowest BCUT2D eigenvalue weighted by Crippen LogP contribution is -2.21. The molecule has 0 spiro atoms. The van der Waals surface area contributed by atoms with E-state index < -0.39 is 0 Å². The molecule has 4 heteroatoms. The molecule has 2 aromatic rings. The van der Waals surface area contributed by atoms with E-state index in [1.165, 1.54) is 6.08 Å². The van der Waals surface area contributed by atoms with E-state index in [1.807, 2.05) is 38.1 Å². The van der Waals surface area contributed by atoms with Crippen LogP contribution in [-0.2, 0) is 22.7 Å². The van der Waals surface area contributed by atoms with Crippen molar-refractivity contribution in [1.29, 1.82) is 0 Å². The van der Waals surface area contributed by atoms with Crippen LogP contribution in [-0.4, -0.2) is 12.0 Å². The van der Waals surface area contributed by atoms with Gasteiger partial charge in [0.2, 0.25) is 5.91 Å². The summed E-state index contributed by atoms with van der Waals surface area (Å²) in [4.78, 5) is 11.8. The number of ether oxygens (including phenoxy) is 1. The van der Waals surface area contributed by atoms with E-state index in [0.29, 0.717) is 18.9 Å². The van der Waals surface area contributed by atoms with Crippen LogP contribution < -0.4 is 5.32 Å². The summed E-state index contributed by atoms with van der Waals surface area (Å²) in [5.41, 5.74) is 2.15. The minimum Gasteiger partial charge on any atom is -0.465 e. The lowest BCUT2D eigenvalue weighted by molar-refractivity contribution is -0.116. The van der Waals surface area contributed by atoms with Gasteiger partial charge in [-0.05, 0) is 43.2 Å². The first-order chi connectivity index (χ1) is 10.6. The normalized spacial score (nSPS) is 11.2. The number of benzene rings is 1. The topological polar surface area (TPSA) is 51.5 Å². The Balaban J connectivity index is 1.89. The van der Waals surface area contributed by atoms with Crippen LogP contribution in [0.25, 0.3) is 6.08 Å². The SMILES string of the molecule is CC(C)OCc1ccccc1CNC(=O)/C=C/c1ccco1. The van der Waals surface area contributed by atoms with E-state index in [0.717, 1.165) is 11.1 Å². The summed E-state index contributed by atoms with van der Waals surface area (Å²) in [6, 6.07) is 11.5. The van der Waals surface area contributed by atoms with Crippen LogP contribution in [0.4, 0.5) is 0 Å². The molecule has 1 heterocycles. The van der Waals surface area contributed by atoms with Crippen molar-refractivity contribution in [3.8, 4) is 0 Å². The maximum atomic E-state index is 11.8. The molecule has 2 rings (SSSR count). The number of carbonyl (C=O) groups is 1. The van der Waals surface area contributed by atoms with Gasteiger partial charge in [-0.1, -0.05) is 24.3 Å². The van der Waals surface area contributed by atoms with Crippen LogP contribution in [0.1, 0.15) is 30.7 Å². The summed E-state index contributed by atoms with van der Waals surface area (Å²) >= 11 is 0. The second-order valence-electron chi connectivity index (χ2n) is 5.20. The standard InChI is InChI=1S/C18H21NO3/c1-14(2)22-13-16-7-4-3-6-15(16)12-19-18(20)10-9-17-8-5-11-21-17/h3-11,14H,12-13H2,1-2H3,(H,19,20)/b10-9+. The highest BCUT2D eigenvalue weighted by Gasteiger charge is 2.04. The molecule has 0 saturated carbocycles. The second kappa shape index (κ2) is 8.20. The van der Waals surface area contributed by atoms with Crippen LogP contribution in [0, 0.1) is 0 Å². The van der Waals surface area contributed by atoms with Crippen LogP contribution >= 0.6 is 0 Å². The van der Waals surface area contributed by atoms with E-state index in [2.05, 4.69) is 5.32 Å². The molecule has 4 nitrogen and oxygen atoms in total. The third-order valence-electron chi connectivity index (χ3n) is 3.09. The van der Waals surface area contributed by atoms with Gasteiger partial charge in [0.1, 0.15) is 5.76 Å². The average Bonchev–Trinajstić information content (AvgIpc) is 3.03. The molecule has 22 heavy (non-hydrogen) atoms. The fourth-order valence-electron chi connectivity index (χ4n) is 1.91. The largest absolute Gasteiger partial charge is 0.465 e. The number of furan rings is 1. The quantitative estimate of drug-likeness (QED) is 0.796. The van der Waals surface area contributed by atoms with Crippen molar-refractivity contribution in [2.24, 2.45) is 0 Å². The third-order valence-corrected chi connectivity index (χ3v) is 3.09. The lowest BCUT2D eigenvalue weighted by atomic mass is 10.1.